The fourth-order valence-electron chi connectivity index (χ4n) is 1.67. The minimum Gasteiger partial charge on any atom is -0.462 e. The molecule has 2 N–H and O–H groups in total. The summed E-state index contributed by atoms with van der Waals surface area (Å²) in [7, 11) is 0. The summed E-state index contributed by atoms with van der Waals surface area (Å²) in [5.74, 6) is -0.370. The Labute approximate surface area is 122 Å². The van der Waals surface area contributed by atoms with Crippen molar-refractivity contribution in [2.75, 3.05) is 17.2 Å². The van der Waals surface area contributed by atoms with Crippen LogP contribution in [0, 0.1) is 0 Å². The van der Waals surface area contributed by atoms with Crippen molar-refractivity contribution in [3.8, 4) is 0 Å². The van der Waals surface area contributed by atoms with Crippen LogP contribution in [0.3, 0.4) is 0 Å². The van der Waals surface area contributed by atoms with Crippen molar-refractivity contribution in [1.29, 1.82) is 0 Å². The normalized spacial score (nSPS) is 9.76. The maximum Gasteiger partial charge on any atom is 0.341 e. The summed E-state index contributed by atoms with van der Waals surface area (Å²) < 4.78 is 4.92. The summed E-state index contributed by atoms with van der Waals surface area (Å²) in [6, 6.07) is 11.6. The van der Waals surface area contributed by atoms with E-state index in [1.807, 2.05) is 6.07 Å². The van der Waals surface area contributed by atoms with E-state index in [4.69, 9.17) is 4.74 Å². The number of aromatic nitrogens is 1. The topological polar surface area (TPSA) is 80.3 Å². The van der Waals surface area contributed by atoms with Crippen molar-refractivity contribution < 1.29 is 14.3 Å². The molecule has 0 bridgehead atoms. The second-order valence-corrected chi connectivity index (χ2v) is 4.07. The number of carbonyl (C=O) groups excluding carboxylic acids is 2. The molecule has 6 nitrogen and oxygen atoms in total. The van der Waals surface area contributed by atoms with Gasteiger partial charge >= 0.3 is 12.0 Å². The largest absolute Gasteiger partial charge is 0.462 e. The highest BCUT2D eigenvalue weighted by atomic mass is 16.5. The first-order chi connectivity index (χ1) is 10.2. The molecular formula is C15H15N3O3. The van der Waals surface area contributed by atoms with E-state index < -0.39 is 12.0 Å². The monoisotopic (exact) mass is 285 g/mol. The van der Waals surface area contributed by atoms with E-state index in [0.29, 0.717) is 5.69 Å². The van der Waals surface area contributed by atoms with Crippen LogP contribution in [0.1, 0.15) is 17.3 Å². The molecule has 21 heavy (non-hydrogen) atoms. The minimum absolute atomic E-state index is 0.157. The quantitative estimate of drug-likeness (QED) is 0.846. The van der Waals surface area contributed by atoms with Gasteiger partial charge in [0, 0.05) is 11.9 Å². The zero-order valence-corrected chi connectivity index (χ0v) is 11.5. The van der Waals surface area contributed by atoms with Gasteiger partial charge in [-0.3, -0.25) is 5.32 Å². The maximum atomic E-state index is 11.9. The van der Waals surface area contributed by atoms with Gasteiger partial charge in [-0.1, -0.05) is 18.2 Å². The Morgan fingerprint density at radius 2 is 1.86 bits per heavy atom. The van der Waals surface area contributed by atoms with Gasteiger partial charge in [-0.15, -0.1) is 0 Å². The third kappa shape index (κ3) is 4.04. The molecule has 6 heteroatoms. The third-order valence-electron chi connectivity index (χ3n) is 2.57. The van der Waals surface area contributed by atoms with Crippen molar-refractivity contribution in [3.63, 3.8) is 0 Å². The van der Waals surface area contributed by atoms with Gasteiger partial charge in [0.05, 0.1) is 6.61 Å². The summed E-state index contributed by atoms with van der Waals surface area (Å²) in [6.45, 7) is 1.97. The van der Waals surface area contributed by atoms with E-state index >= 15 is 0 Å². The van der Waals surface area contributed by atoms with E-state index in [-0.39, 0.29) is 18.0 Å². The number of nitrogens with zero attached hydrogens (tertiary/aromatic N) is 1. The predicted molar refractivity (Wildman–Crippen MR) is 79.3 cm³/mol. The fourth-order valence-corrected chi connectivity index (χ4v) is 1.67. The Morgan fingerprint density at radius 1 is 1.10 bits per heavy atom. The van der Waals surface area contributed by atoms with E-state index in [9.17, 15) is 9.59 Å². The van der Waals surface area contributed by atoms with Crippen LogP contribution in [0.25, 0.3) is 0 Å². The molecule has 0 spiro atoms. The van der Waals surface area contributed by atoms with Gasteiger partial charge in [-0.05, 0) is 31.2 Å². The standard InChI is InChI=1S/C15H15N3O3/c1-2-21-14(19)12-9-6-10-16-13(12)18-15(20)17-11-7-4-3-5-8-11/h3-10H,2H2,1H3,(H2,16,17,18,20). The number of carbonyl (C=O) groups is 2. The smallest absolute Gasteiger partial charge is 0.341 e. The number of rotatable bonds is 4. The molecule has 1 heterocycles. The van der Waals surface area contributed by atoms with Crippen LogP contribution < -0.4 is 10.6 Å². The zero-order chi connectivity index (χ0) is 15.1. The first-order valence-corrected chi connectivity index (χ1v) is 6.46. The highest BCUT2D eigenvalue weighted by molar-refractivity contribution is 6.03. The molecule has 0 aliphatic carbocycles. The Balaban J connectivity index is 2.09. The van der Waals surface area contributed by atoms with Crippen LogP contribution >= 0.6 is 0 Å². The average molecular weight is 285 g/mol. The number of urea groups is 1. The molecule has 1 aromatic carbocycles. The first-order valence-electron chi connectivity index (χ1n) is 6.46. The van der Waals surface area contributed by atoms with Crippen LogP contribution in [0.5, 0.6) is 0 Å². The Morgan fingerprint density at radius 3 is 2.57 bits per heavy atom. The number of hydrogen-bond acceptors (Lipinski definition) is 4. The molecular weight excluding hydrogens is 270 g/mol. The lowest BCUT2D eigenvalue weighted by molar-refractivity contribution is 0.0527. The molecule has 0 fully saturated rings. The summed E-state index contributed by atoms with van der Waals surface area (Å²) in [5.41, 5.74) is 0.853. The Kier molecular flexibility index (Phi) is 4.87. The molecule has 2 aromatic rings. The van der Waals surface area contributed by atoms with Crippen molar-refractivity contribution in [3.05, 3.63) is 54.2 Å². The molecule has 0 radical (unpaired) electrons. The van der Waals surface area contributed by atoms with Crippen LogP contribution in [0.2, 0.25) is 0 Å². The molecule has 0 unspecified atom stereocenters. The second kappa shape index (κ2) is 7.04. The molecule has 0 saturated carbocycles. The van der Waals surface area contributed by atoms with Gasteiger partial charge in [0.15, 0.2) is 0 Å². The molecule has 0 aliphatic heterocycles. The lowest BCUT2D eigenvalue weighted by Gasteiger charge is -2.10. The number of nitrogens with one attached hydrogen (secondary N) is 2. The average Bonchev–Trinajstić information content (AvgIpc) is 2.49. The highest BCUT2D eigenvalue weighted by Gasteiger charge is 2.15. The SMILES string of the molecule is CCOC(=O)c1cccnc1NC(=O)Nc1ccccc1. The van der Waals surface area contributed by atoms with Crippen molar-refractivity contribution in [1.82, 2.24) is 4.98 Å². The molecule has 2 rings (SSSR count). The van der Waals surface area contributed by atoms with E-state index in [0.717, 1.165) is 0 Å². The minimum atomic E-state index is -0.527. The summed E-state index contributed by atoms with van der Waals surface area (Å²) in [4.78, 5) is 27.7. The molecule has 0 aliphatic rings. The number of esters is 1. The Hall–Kier alpha value is -2.89. The lowest BCUT2D eigenvalue weighted by Crippen LogP contribution is -2.22. The van der Waals surface area contributed by atoms with E-state index in [1.165, 1.54) is 6.20 Å². The Bertz CT molecular complexity index is 629. The molecule has 1 aromatic heterocycles. The van der Waals surface area contributed by atoms with Crippen LogP contribution in [-0.4, -0.2) is 23.6 Å². The first kappa shape index (κ1) is 14.5. The third-order valence-corrected chi connectivity index (χ3v) is 2.57. The lowest BCUT2D eigenvalue weighted by atomic mass is 10.2. The summed E-state index contributed by atoms with van der Waals surface area (Å²) >= 11 is 0. The number of hydrogen-bond donors (Lipinski definition) is 2. The molecule has 108 valence electrons. The number of anilines is 2. The van der Waals surface area contributed by atoms with Gasteiger partial charge < -0.3 is 10.1 Å². The fraction of sp³-hybridized carbons (Fsp3) is 0.133. The van der Waals surface area contributed by atoms with Crippen molar-refractivity contribution >= 4 is 23.5 Å². The van der Waals surface area contributed by atoms with E-state index in [1.54, 1.807) is 43.3 Å². The van der Waals surface area contributed by atoms with Gasteiger partial charge in [0.1, 0.15) is 11.4 Å². The van der Waals surface area contributed by atoms with Crippen molar-refractivity contribution in [2.45, 2.75) is 6.92 Å². The molecule has 0 saturated heterocycles. The number of ether oxygens (including phenoxy) is 1. The van der Waals surface area contributed by atoms with Gasteiger partial charge in [0.25, 0.3) is 0 Å². The van der Waals surface area contributed by atoms with Gasteiger partial charge in [-0.2, -0.15) is 0 Å². The molecule has 0 atom stereocenters. The van der Waals surface area contributed by atoms with Gasteiger partial charge in [-0.25, -0.2) is 14.6 Å². The number of benzene rings is 1. The van der Waals surface area contributed by atoms with Crippen LogP contribution in [-0.2, 0) is 4.74 Å². The van der Waals surface area contributed by atoms with Crippen molar-refractivity contribution in [2.24, 2.45) is 0 Å². The number of amides is 2. The van der Waals surface area contributed by atoms with Crippen LogP contribution in [0.15, 0.2) is 48.7 Å². The van der Waals surface area contributed by atoms with Crippen LogP contribution in [0.4, 0.5) is 16.3 Å². The highest BCUT2D eigenvalue weighted by Crippen LogP contribution is 2.14. The zero-order valence-electron chi connectivity index (χ0n) is 11.5. The summed E-state index contributed by atoms with van der Waals surface area (Å²) in [5, 5.41) is 5.18. The number of pyridine rings is 1. The van der Waals surface area contributed by atoms with E-state index in [2.05, 4.69) is 15.6 Å². The summed E-state index contributed by atoms with van der Waals surface area (Å²) in [6.07, 6.45) is 1.49. The maximum absolute atomic E-state index is 11.9. The second-order valence-electron chi connectivity index (χ2n) is 4.07. The van der Waals surface area contributed by atoms with Gasteiger partial charge in [0.2, 0.25) is 0 Å². The predicted octanol–water partition coefficient (Wildman–Crippen LogP) is 2.90. The molecule has 2 amide bonds. The number of para-hydroxylation sites is 1.